The highest BCUT2D eigenvalue weighted by Crippen LogP contribution is 2.19. The minimum atomic E-state index is 0.709. The Morgan fingerprint density at radius 1 is 1.33 bits per heavy atom. The highest BCUT2D eigenvalue weighted by atomic mass is 32.2. The van der Waals surface area contributed by atoms with Gasteiger partial charge in [-0.2, -0.15) is 0 Å². The molecule has 0 aliphatic carbocycles. The van der Waals surface area contributed by atoms with E-state index in [1.165, 1.54) is 16.9 Å². The SMILES string of the molecule is C=Cc1ccccc1Cc1nnc(S)s1. The van der Waals surface area contributed by atoms with E-state index in [2.05, 4.69) is 35.5 Å². The van der Waals surface area contributed by atoms with Gasteiger partial charge in [-0.05, 0) is 11.1 Å². The highest BCUT2D eigenvalue weighted by Gasteiger charge is 2.04. The molecule has 0 fully saturated rings. The van der Waals surface area contributed by atoms with Gasteiger partial charge in [-0.15, -0.1) is 22.8 Å². The summed E-state index contributed by atoms with van der Waals surface area (Å²) in [5.74, 6) is 0. The first-order chi connectivity index (χ1) is 7.29. The fourth-order valence-corrected chi connectivity index (χ4v) is 2.34. The first-order valence-corrected chi connectivity index (χ1v) is 5.77. The minimum Gasteiger partial charge on any atom is -0.142 e. The topological polar surface area (TPSA) is 25.8 Å². The molecule has 0 unspecified atom stereocenters. The van der Waals surface area contributed by atoms with E-state index in [4.69, 9.17) is 0 Å². The lowest BCUT2D eigenvalue weighted by Crippen LogP contribution is -1.90. The largest absolute Gasteiger partial charge is 0.171 e. The zero-order valence-electron chi connectivity index (χ0n) is 8.05. The lowest BCUT2D eigenvalue weighted by atomic mass is 10.1. The van der Waals surface area contributed by atoms with Crippen molar-refractivity contribution in [3.8, 4) is 0 Å². The van der Waals surface area contributed by atoms with Crippen LogP contribution in [-0.4, -0.2) is 10.2 Å². The molecular formula is C11H10N2S2. The lowest BCUT2D eigenvalue weighted by Gasteiger charge is -2.02. The number of benzene rings is 1. The second-order valence-corrected chi connectivity index (χ2v) is 4.85. The molecule has 0 aliphatic rings. The van der Waals surface area contributed by atoms with Crippen molar-refractivity contribution in [3.05, 3.63) is 47.0 Å². The highest BCUT2D eigenvalue weighted by molar-refractivity contribution is 7.82. The van der Waals surface area contributed by atoms with Crippen LogP contribution in [0.25, 0.3) is 6.08 Å². The van der Waals surface area contributed by atoms with Crippen molar-refractivity contribution in [1.82, 2.24) is 10.2 Å². The van der Waals surface area contributed by atoms with E-state index >= 15 is 0 Å². The van der Waals surface area contributed by atoms with Crippen molar-refractivity contribution >= 4 is 30.0 Å². The Balaban J connectivity index is 2.27. The fraction of sp³-hybridized carbons (Fsp3) is 0.0909. The van der Waals surface area contributed by atoms with E-state index in [0.29, 0.717) is 4.34 Å². The number of thiol groups is 1. The Kier molecular flexibility index (Phi) is 3.18. The maximum Gasteiger partial charge on any atom is 0.171 e. The van der Waals surface area contributed by atoms with Crippen molar-refractivity contribution in [1.29, 1.82) is 0 Å². The van der Waals surface area contributed by atoms with Crippen LogP contribution < -0.4 is 0 Å². The normalized spacial score (nSPS) is 10.2. The van der Waals surface area contributed by atoms with Gasteiger partial charge in [0.1, 0.15) is 5.01 Å². The van der Waals surface area contributed by atoms with Gasteiger partial charge in [0.05, 0.1) is 0 Å². The van der Waals surface area contributed by atoms with Gasteiger partial charge in [0.15, 0.2) is 4.34 Å². The molecule has 76 valence electrons. The van der Waals surface area contributed by atoms with E-state index in [-0.39, 0.29) is 0 Å². The van der Waals surface area contributed by atoms with E-state index in [1.54, 1.807) is 0 Å². The van der Waals surface area contributed by atoms with Crippen LogP contribution in [0, 0.1) is 0 Å². The summed E-state index contributed by atoms with van der Waals surface area (Å²) in [6.07, 6.45) is 2.65. The average molecular weight is 234 g/mol. The van der Waals surface area contributed by atoms with Crippen LogP contribution >= 0.6 is 24.0 Å². The second kappa shape index (κ2) is 4.59. The van der Waals surface area contributed by atoms with E-state index < -0.39 is 0 Å². The molecule has 1 heterocycles. The van der Waals surface area contributed by atoms with E-state index in [1.807, 2.05) is 24.3 Å². The maximum atomic E-state index is 4.15. The van der Waals surface area contributed by atoms with Crippen LogP contribution in [0.15, 0.2) is 35.2 Å². The van der Waals surface area contributed by atoms with Crippen LogP contribution in [0.1, 0.15) is 16.1 Å². The maximum absolute atomic E-state index is 4.15. The summed E-state index contributed by atoms with van der Waals surface area (Å²) in [5, 5.41) is 8.90. The van der Waals surface area contributed by atoms with Gasteiger partial charge in [-0.1, -0.05) is 48.3 Å². The number of aromatic nitrogens is 2. The fourth-order valence-electron chi connectivity index (χ4n) is 1.37. The molecule has 0 aliphatic heterocycles. The third kappa shape index (κ3) is 2.46. The van der Waals surface area contributed by atoms with E-state index in [0.717, 1.165) is 17.0 Å². The molecule has 0 spiro atoms. The van der Waals surface area contributed by atoms with Crippen LogP contribution in [-0.2, 0) is 6.42 Å². The molecule has 0 atom stereocenters. The zero-order valence-corrected chi connectivity index (χ0v) is 9.76. The predicted octanol–water partition coefficient (Wildman–Crippen LogP) is 3.06. The van der Waals surface area contributed by atoms with Crippen LogP contribution in [0.3, 0.4) is 0 Å². The van der Waals surface area contributed by atoms with Crippen LogP contribution in [0.4, 0.5) is 0 Å². The van der Waals surface area contributed by atoms with Gasteiger partial charge in [-0.25, -0.2) is 0 Å². The second-order valence-electron chi connectivity index (χ2n) is 3.06. The summed E-state index contributed by atoms with van der Waals surface area (Å²) in [4.78, 5) is 0. The summed E-state index contributed by atoms with van der Waals surface area (Å²) in [5.41, 5.74) is 2.37. The van der Waals surface area contributed by atoms with Gasteiger partial charge < -0.3 is 0 Å². The third-order valence-electron chi connectivity index (χ3n) is 2.07. The predicted molar refractivity (Wildman–Crippen MR) is 66.5 cm³/mol. The molecule has 0 amide bonds. The molecule has 4 heteroatoms. The van der Waals surface area contributed by atoms with Crippen molar-refractivity contribution in [2.45, 2.75) is 10.8 Å². The summed E-state index contributed by atoms with van der Waals surface area (Å²) in [6, 6.07) is 8.15. The smallest absolute Gasteiger partial charge is 0.142 e. The molecule has 15 heavy (non-hydrogen) atoms. The van der Waals surface area contributed by atoms with Gasteiger partial charge in [0.2, 0.25) is 0 Å². The Bertz CT molecular complexity index is 477. The molecule has 0 saturated heterocycles. The average Bonchev–Trinajstić information content (AvgIpc) is 2.65. The summed E-state index contributed by atoms with van der Waals surface area (Å²) < 4.78 is 0.709. The third-order valence-corrected chi connectivity index (χ3v) is 3.16. The van der Waals surface area contributed by atoms with Gasteiger partial charge in [-0.3, -0.25) is 0 Å². The Morgan fingerprint density at radius 2 is 2.13 bits per heavy atom. The number of rotatable bonds is 3. The molecule has 2 nitrogen and oxygen atoms in total. The Morgan fingerprint density at radius 3 is 2.80 bits per heavy atom. The van der Waals surface area contributed by atoms with Gasteiger partial charge in [0, 0.05) is 6.42 Å². The molecule has 1 aromatic carbocycles. The monoisotopic (exact) mass is 234 g/mol. The summed E-state index contributed by atoms with van der Waals surface area (Å²) in [7, 11) is 0. The Labute approximate surface area is 98.1 Å². The summed E-state index contributed by atoms with van der Waals surface area (Å²) in [6.45, 7) is 3.79. The first kappa shape index (κ1) is 10.4. The standard InChI is InChI=1S/C11H10N2S2/c1-2-8-5-3-4-6-9(8)7-10-12-13-11(14)15-10/h2-6H,1,7H2,(H,13,14). The quantitative estimate of drug-likeness (QED) is 0.826. The van der Waals surface area contributed by atoms with Gasteiger partial charge >= 0.3 is 0 Å². The number of hydrogen-bond donors (Lipinski definition) is 1. The van der Waals surface area contributed by atoms with Crippen molar-refractivity contribution < 1.29 is 0 Å². The van der Waals surface area contributed by atoms with Crippen molar-refractivity contribution in [3.63, 3.8) is 0 Å². The van der Waals surface area contributed by atoms with Gasteiger partial charge in [0.25, 0.3) is 0 Å². The molecule has 0 saturated carbocycles. The molecule has 2 rings (SSSR count). The Hall–Kier alpha value is -1.13. The summed E-state index contributed by atoms with van der Waals surface area (Å²) >= 11 is 5.65. The number of nitrogens with zero attached hydrogens (tertiary/aromatic N) is 2. The van der Waals surface area contributed by atoms with Crippen LogP contribution in [0.5, 0.6) is 0 Å². The zero-order chi connectivity index (χ0) is 10.7. The van der Waals surface area contributed by atoms with E-state index in [9.17, 15) is 0 Å². The minimum absolute atomic E-state index is 0.709. The molecular weight excluding hydrogens is 224 g/mol. The molecule has 1 aromatic heterocycles. The first-order valence-electron chi connectivity index (χ1n) is 4.51. The molecule has 2 aromatic rings. The number of hydrogen-bond acceptors (Lipinski definition) is 4. The van der Waals surface area contributed by atoms with Crippen LogP contribution in [0.2, 0.25) is 0 Å². The molecule has 0 radical (unpaired) electrons. The lowest BCUT2D eigenvalue weighted by molar-refractivity contribution is 0.958. The van der Waals surface area contributed by atoms with Crippen molar-refractivity contribution in [2.24, 2.45) is 0 Å². The molecule has 0 N–H and O–H groups in total. The van der Waals surface area contributed by atoms with Crippen molar-refractivity contribution in [2.75, 3.05) is 0 Å². The molecule has 0 bridgehead atoms.